The number of nitrogens with zero attached hydrogens (tertiary/aromatic N) is 2. The summed E-state index contributed by atoms with van der Waals surface area (Å²) < 4.78 is 14.3. The molecule has 0 bridgehead atoms. The zero-order valence-corrected chi connectivity index (χ0v) is 8.15. The van der Waals surface area contributed by atoms with Gasteiger partial charge < -0.3 is 14.0 Å². The lowest BCUT2D eigenvalue weighted by molar-refractivity contribution is 0.0508. The van der Waals surface area contributed by atoms with Gasteiger partial charge in [-0.15, -0.1) is 0 Å². The molecule has 1 aromatic rings. The molecule has 1 aromatic heterocycles. The molecule has 0 N–H and O–H groups in total. The number of aromatic nitrogens is 2. The van der Waals surface area contributed by atoms with Gasteiger partial charge in [-0.1, -0.05) is 0 Å². The van der Waals surface area contributed by atoms with Gasteiger partial charge in [0.2, 0.25) is 5.89 Å². The molecule has 6 heteroatoms. The van der Waals surface area contributed by atoms with Crippen molar-refractivity contribution in [2.45, 2.75) is 13.3 Å². The number of methoxy groups -OCH3 is 1. The highest BCUT2D eigenvalue weighted by atomic mass is 16.5. The Morgan fingerprint density at radius 2 is 2.36 bits per heavy atom. The highest BCUT2D eigenvalue weighted by Gasteiger charge is 2.14. The maximum absolute atomic E-state index is 11.1. The molecule has 0 amide bonds. The third-order valence-electron chi connectivity index (χ3n) is 1.45. The van der Waals surface area contributed by atoms with Gasteiger partial charge in [0.15, 0.2) is 0 Å². The zero-order chi connectivity index (χ0) is 10.4. The standard InChI is InChI=1S/C8H12N2O4/c1-3-13-8(11)7-9-6(14-10-7)4-5-12-2/h3-5H2,1-2H3. The summed E-state index contributed by atoms with van der Waals surface area (Å²) in [6.45, 7) is 2.48. The molecule has 1 heterocycles. The van der Waals surface area contributed by atoms with Crippen LogP contribution in [-0.2, 0) is 15.9 Å². The van der Waals surface area contributed by atoms with E-state index in [2.05, 4.69) is 10.1 Å². The Bertz CT molecular complexity index is 297. The molecule has 0 atom stereocenters. The Kier molecular flexibility index (Phi) is 4.06. The minimum Gasteiger partial charge on any atom is -0.460 e. The maximum atomic E-state index is 11.1. The Balaban J connectivity index is 2.54. The van der Waals surface area contributed by atoms with E-state index in [9.17, 15) is 4.79 Å². The first-order valence-electron chi connectivity index (χ1n) is 4.26. The second kappa shape index (κ2) is 5.33. The minimum absolute atomic E-state index is 0.0436. The molecular formula is C8H12N2O4. The summed E-state index contributed by atoms with van der Waals surface area (Å²) in [5.74, 6) is -0.243. The summed E-state index contributed by atoms with van der Waals surface area (Å²) in [4.78, 5) is 14.9. The van der Waals surface area contributed by atoms with Crippen molar-refractivity contribution in [2.75, 3.05) is 20.3 Å². The molecule has 0 unspecified atom stereocenters. The fraction of sp³-hybridized carbons (Fsp3) is 0.625. The van der Waals surface area contributed by atoms with Crippen molar-refractivity contribution >= 4 is 5.97 Å². The van der Waals surface area contributed by atoms with Gasteiger partial charge in [-0.2, -0.15) is 4.98 Å². The van der Waals surface area contributed by atoms with Crippen molar-refractivity contribution in [3.8, 4) is 0 Å². The Morgan fingerprint density at radius 1 is 1.57 bits per heavy atom. The van der Waals surface area contributed by atoms with Crippen molar-refractivity contribution in [2.24, 2.45) is 0 Å². The SMILES string of the molecule is CCOC(=O)c1noc(CCOC)n1. The Hall–Kier alpha value is -1.43. The molecule has 0 aromatic carbocycles. The monoisotopic (exact) mass is 200 g/mol. The van der Waals surface area contributed by atoms with Crippen LogP contribution in [0.15, 0.2) is 4.52 Å². The molecule has 0 aliphatic carbocycles. The predicted molar refractivity (Wildman–Crippen MR) is 45.8 cm³/mol. The average molecular weight is 200 g/mol. The van der Waals surface area contributed by atoms with E-state index in [1.54, 1.807) is 14.0 Å². The number of carbonyl (C=O) groups is 1. The fourth-order valence-corrected chi connectivity index (χ4v) is 0.824. The van der Waals surface area contributed by atoms with Crippen LogP contribution in [0.25, 0.3) is 0 Å². The van der Waals surface area contributed by atoms with E-state index in [0.29, 0.717) is 25.5 Å². The van der Waals surface area contributed by atoms with Crippen molar-refractivity contribution in [1.82, 2.24) is 10.1 Å². The Morgan fingerprint density at radius 3 is 3.00 bits per heavy atom. The van der Waals surface area contributed by atoms with Crippen molar-refractivity contribution in [3.05, 3.63) is 11.7 Å². The molecule has 0 aliphatic heterocycles. The highest BCUT2D eigenvalue weighted by Crippen LogP contribution is 2.00. The van der Waals surface area contributed by atoms with E-state index in [-0.39, 0.29) is 5.82 Å². The quantitative estimate of drug-likeness (QED) is 0.642. The normalized spacial score (nSPS) is 10.1. The summed E-state index contributed by atoms with van der Waals surface area (Å²) in [6, 6.07) is 0. The fourth-order valence-electron chi connectivity index (χ4n) is 0.824. The molecule has 78 valence electrons. The molecular weight excluding hydrogens is 188 g/mol. The van der Waals surface area contributed by atoms with Gasteiger partial charge in [-0.3, -0.25) is 0 Å². The van der Waals surface area contributed by atoms with E-state index in [0.717, 1.165) is 0 Å². The smallest absolute Gasteiger partial charge is 0.379 e. The molecule has 14 heavy (non-hydrogen) atoms. The van der Waals surface area contributed by atoms with Gasteiger partial charge in [0.05, 0.1) is 19.6 Å². The molecule has 0 aliphatic rings. The third-order valence-corrected chi connectivity index (χ3v) is 1.45. The lowest BCUT2D eigenvalue weighted by Gasteiger charge is -1.93. The molecule has 0 fully saturated rings. The summed E-state index contributed by atoms with van der Waals surface area (Å²) in [5.41, 5.74) is 0. The molecule has 0 saturated heterocycles. The first kappa shape index (κ1) is 10.6. The summed E-state index contributed by atoms with van der Waals surface area (Å²) >= 11 is 0. The topological polar surface area (TPSA) is 74.5 Å². The van der Waals surface area contributed by atoms with Crippen LogP contribution in [0.5, 0.6) is 0 Å². The lowest BCUT2D eigenvalue weighted by atomic mass is 10.4. The average Bonchev–Trinajstić information content (AvgIpc) is 2.63. The largest absolute Gasteiger partial charge is 0.460 e. The van der Waals surface area contributed by atoms with Gasteiger partial charge in [0, 0.05) is 7.11 Å². The lowest BCUT2D eigenvalue weighted by Crippen LogP contribution is -2.06. The molecule has 1 rings (SSSR count). The van der Waals surface area contributed by atoms with E-state index in [1.165, 1.54) is 0 Å². The van der Waals surface area contributed by atoms with Gasteiger partial charge in [0.25, 0.3) is 5.82 Å². The number of rotatable bonds is 5. The highest BCUT2D eigenvalue weighted by molar-refractivity contribution is 5.84. The number of carbonyl (C=O) groups excluding carboxylic acids is 1. The van der Waals surface area contributed by atoms with Gasteiger partial charge >= 0.3 is 5.97 Å². The van der Waals surface area contributed by atoms with Crippen LogP contribution < -0.4 is 0 Å². The Labute approximate surface area is 81.2 Å². The first-order valence-corrected chi connectivity index (χ1v) is 4.26. The van der Waals surface area contributed by atoms with Crippen LogP contribution in [0.2, 0.25) is 0 Å². The first-order chi connectivity index (χ1) is 6.77. The number of esters is 1. The second-order valence-corrected chi connectivity index (χ2v) is 2.47. The maximum Gasteiger partial charge on any atom is 0.379 e. The van der Waals surface area contributed by atoms with E-state index in [1.807, 2.05) is 0 Å². The minimum atomic E-state index is -0.570. The van der Waals surface area contributed by atoms with Crippen LogP contribution in [-0.4, -0.2) is 36.4 Å². The molecule has 0 spiro atoms. The van der Waals surface area contributed by atoms with Gasteiger partial charge in [0.1, 0.15) is 0 Å². The predicted octanol–water partition coefficient (Wildman–Crippen LogP) is 0.435. The van der Waals surface area contributed by atoms with E-state index < -0.39 is 5.97 Å². The van der Waals surface area contributed by atoms with Crippen molar-refractivity contribution in [1.29, 1.82) is 0 Å². The molecule has 6 nitrogen and oxygen atoms in total. The summed E-state index contributed by atoms with van der Waals surface area (Å²) in [5, 5.41) is 3.47. The third kappa shape index (κ3) is 2.81. The number of hydrogen-bond donors (Lipinski definition) is 0. The van der Waals surface area contributed by atoms with E-state index in [4.69, 9.17) is 14.0 Å². The van der Waals surface area contributed by atoms with Crippen molar-refractivity contribution in [3.63, 3.8) is 0 Å². The summed E-state index contributed by atoms with van der Waals surface area (Å²) in [6.07, 6.45) is 0.489. The van der Waals surface area contributed by atoms with Crippen LogP contribution in [0, 0.1) is 0 Å². The van der Waals surface area contributed by atoms with Crippen molar-refractivity contribution < 1.29 is 18.8 Å². The van der Waals surface area contributed by atoms with Gasteiger partial charge in [-0.25, -0.2) is 4.79 Å². The van der Waals surface area contributed by atoms with Crippen LogP contribution in [0.1, 0.15) is 23.4 Å². The summed E-state index contributed by atoms with van der Waals surface area (Å²) in [7, 11) is 1.57. The zero-order valence-electron chi connectivity index (χ0n) is 8.15. The van der Waals surface area contributed by atoms with Crippen LogP contribution in [0.3, 0.4) is 0 Å². The molecule has 0 saturated carbocycles. The second-order valence-electron chi connectivity index (χ2n) is 2.47. The van der Waals surface area contributed by atoms with Crippen LogP contribution in [0.4, 0.5) is 0 Å². The molecule has 0 radical (unpaired) electrons. The number of hydrogen-bond acceptors (Lipinski definition) is 6. The van der Waals surface area contributed by atoms with E-state index >= 15 is 0 Å². The van der Waals surface area contributed by atoms with Crippen LogP contribution >= 0.6 is 0 Å². The van der Waals surface area contributed by atoms with Gasteiger partial charge in [-0.05, 0) is 12.1 Å². The number of ether oxygens (including phenoxy) is 2.